The van der Waals surface area contributed by atoms with Crippen LogP contribution in [0.4, 0.5) is 0 Å². The molecule has 2 aliphatic rings. The molecule has 2 aliphatic heterocycles. The van der Waals surface area contributed by atoms with Crippen LogP contribution >= 0.6 is 23.4 Å². The Kier molecular flexibility index (Phi) is 7.66. The molecule has 0 bridgehead atoms. The van der Waals surface area contributed by atoms with Crippen LogP contribution in [0.5, 0.6) is 0 Å². The molecule has 0 aromatic heterocycles. The van der Waals surface area contributed by atoms with Crippen molar-refractivity contribution in [3.8, 4) is 0 Å². The van der Waals surface area contributed by atoms with Gasteiger partial charge in [0.05, 0.1) is 5.37 Å². The number of nitrogens with one attached hydrogen (secondary N) is 1. The third-order valence-electron chi connectivity index (χ3n) is 5.32. The van der Waals surface area contributed by atoms with Crippen LogP contribution in [0, 0.1) is 5.92 Å². The largest absolute Gasteiger partial charge is 0.353 e. The van der Waals surface area contributed by atoms with Gasteiger partial charge < -0.3 is 15.1 Å². The van der Waals surface area contributed by atoms with Crippen LogP contribution in [0.2, 0.25) is 5.02 Å². The summed E-state index contributed by atoms with van der Waals surface area (Å²) in [4.78, 5) is 30.3. The number of rotatable bonds is 7. The number of amides is 2. The molecule has 0 saturated carbocycles. The van der Waals surface area contributed by atoms with Gasteiger partial charge in [-0.2, -0.15) is 0 Å². The first kappa shape index (κ1) is 21.5. The summed E-state index contributed by atoms with van der Waals surface area (Å²) < 4.78 is 0. The van der Waals surface area contributed by atoms with Gasteiger partial charge in [-0.25, -0.2) is 0 Å². The van der Waals surface area contributed by atoms with Crippen LogP contribution in [-0.4, -0.2) is 65.0 Å². The molecule has 0 aliphatic carbocycles. The summed E-state index contributed by atoms with van der Waals surface area (Å²) in [5, 5.41) is 3.69. The van der Waals surface area contributed by atoms with E-state index in [2.05, 4.69) is 24.1 Å². The number of likely N-dealkylation sites (tertiary alicyclic amines) is 1. The number of benzene rings is 1. The molecule has 1 N–H and O–H groups in total. The summed E-state index contributed by atoms with van der Waals surface area (Å²) in [6.07, 6.45) is 3.36. The van der Waals surface area contributed by atoms with Gasteiger partial charge in [0.1, 0.15) is 6.04 Å². The molecule has 1 aromatic carbocycles. The first-order valence-corrected chi connectivity index (χ1v) is 11.6. The van der Waals surface area contributed by atoms with Gasteiger partial charge >= 0.3 is 0 Å². The Morgan fingerprint density at radius 1 is 1.21 bits per heavy atom. The van der Waals surface area contributed by atoms with E-state index in [9.17, 15) is 9.59 Å². The molecule has 0 spiro atoms. The van der Waals surface area contributed by atoms with E-state index < -0.39 is 6.04 Å². The third-order valence-corrected chi connectivity index (χ3v) is 6.88. The van der Waals surface area contributed by atoms with Gasteiger partial charge in [0.15, 0.2) is 0 Å². The summed E-state index contributed by atoms with van der Waals surface area (Å²) in [5.74, 6) is 0.967. The predicted molar refractivity (Wildman–Crippen MR) is 116 cm³/mol. The van der Waals surface area contributed by atoms with E-state index >= 15 is 0 Å². The predicted octanol–water partition coefficient (Wildman–Crippen LogP) is 3.48. The second-order valence-electron chi connectivity index (χ2n) is 7.99. The molecular weight excluding hydrogens is 394 g/mol. The molecule has 2 atom stereocenters. The lowest BCUT2D eigenvalue weighted by Crippen LogP contribution is -2.51. The molecule has 7 heteroatoms. The highest BCUT2D eigenvalue weighted by Gasteiger charge is 2.41. The van der Waals surface area contributed by atoms with E-state index in [1.165, 1.54) is 12.8 Å². The zero-order chi connectivity index (χ0) is 20.1. The molecule has 154 valence electrons. The molecule has 2 fully saturated rings. The highest BCUT2D eigenvalue weighted by atomic mass is 35.5. The van der Waals surface area contributed by atoms with Gasteiger partial charge in [0.25, 0.3) is 5.91 Å². The number of nitrogens with zero attached hydrogens (tertiary/aromatic N) is 2. The number of carbonyl (C=O) groups excluding carboxylic acids is 2. The average Bonchev–Trinajstić information content (AvgIpc) is 3.31. The zero-order valence-electron chi connectivity index (χ0n) is 16.7. The first-order valence-electron chi connectivity index (χ1n) is 10.2. The Morgan fingerprint density at radius 3 is 2.54 bits per heavy atom. The Balaban J connectivity index is 1.67. The lowest BCUT2D eigenvalue weighted by atomic mass is 10.1. The van der Waals surface area contributed by atoms with Crippen LogP contribution in [0.15, 0.2) is 24.3 Å². The van der Waals surface area contributed by atoms with E-state index in [0.717, 1.165) is 26.1 Å². The Bertz CT molecular complexity index is 677. The van der Waals surface area contributed by atoms with Gasteiger partial charge in [0, 0.05) is 29.4 Å². The number of hydrogen-bond acceptors (Lipinski definition) is 4. The molecule has 1 aromatic rings. The van der Waals surface area contributed by atoms with E-state index in [0.29, 0.717) is 28.8 Å². The Morgan fingerprint density at radius 2 is 1.89 bits per heavy atom. The maximum Gasteiger partial charge on any atom is 0.255 e. The fourth-order valence-electron chi connectivity index (χ4n) is 3.83. The maximum absolute atomic E-state index is 13.2. The van der Waals surface area contributed by atoms with Gasteiger partial charge in [0.2, 0.25) is 5.91 Å². The van der Waals surface area contributed by atoms with Crippen molar-refractivity contribution in [1.29, 1.82) is 0 Å². The fourth-order valence-corrected chi connectivity index (χ4v) is 5.59. The highest BCUT2D eigenvalue weighted by Crippen LogP contribution is 2.34. The smallest absolute Gasteiger partial charge is 0.255 e. The summed E-state index contributed by atoms with van der Waals surface area (Å²) in [6.45, 7) is 8.05. The van der Waals surface area contributed by atoms with Crippen molar-refractivity contribution in [2.75, 3.05) is 31.9 Å². The van der Waals surface area contributed by atoms with Crippen molar-refractivity contribution in [1.82, 2.24) is 15.1 Å². The zero-order valence-corrected chi connectivity index (χ0v) is 18.3. The summed E-state index contributed by atoms with van der Waals surface area (Å²) in [5.41, 5.74) is 0.579. The SMILES string of the molecule is CC(C)C[C@@H]1SC[C@@H](C(=O)NCCN2CCCC2)N1C(=O)c1ccc(Cl)cc1. The molecule has 0 unspecified atom stereocenters. The van der Waals surface area contributed by atoms with Gasteiger partial charge in [-0.05, 0) is 62.5 Å². The van der Waals surface area contributed by atoms with Crippen LogP contribution in [-0.2, 0) is 4.79 Å². The maximum atomic E-state index is 13.2. The lowest BCUT2D eigenvalue weighted by Gasteiger charge is -2.30. The lowest BCUT2D eigenvalue weighted by molar-refractivity contribution is -0.124. The highest BCUT2D eigenvalue weighted by molar-refractivity contribution is 8.00. The third kappa shape index (κ3) is 5.43. The Labute approximate surface area is 177 Å². The Hall–Kier alpha value is -1.24. The van der Waals surface area contributed by atoms with E-state index in [1.54, 1.807) is 40.9 Å². The fraction of sp³-hybridized carbons (Fsp3) is 0.619. The second-order valence-corrected chi connectivity index (χ2v) is 9.64. The number of halogens is 1. The van der Waals surface area contributed by atoms with Crippen LogP contribution in [0.1, 0.15) is 43.5 Å². The number of carbonyl (C=O) groups is 2. The topological polar surface area (TPSA) is 52.7 Å². The number of hydrogen-bond donors (Lipinski definition) is 1. The summed E-state index contributed by atoms with van der Waals surface area (Å²) in [7, 11) is 0. The van der Waals surface area contributed by atoms with Crippen molar-refractivity contribution in [3.05, 3.63) is 34.9 Å². The van der Waals surface area contributed by atoms with E-state index in [1.807, 2.05) is 0 Å². The van der Waals surface area contributed by atoms with Crippen LogP contribution in [0.3, 0.4) is 0 Å². The van der Waals surface area contributed by atoms with Gasteiger partial charge in [-0.3, -0.25) is 9.59 Å². The minimum Gasteiger partial charge on any atom is -0.353 e. The molecule has 2 heterocycles. The van der Waals surface area contributed by atoms with Crippen molar-refractivity contribution < 1.29 is 9.59 Å². The molecule has 0 radical (unpaired) electrons. The summed E-state index contributed by atoms with van der Waals surface area (Å²) in [6, 6.07) is 6.50. The molecule has 2 saturated heterocycles. The number of thioether (sulfide) groups is 1. The van der Waals surface area contributed by atoms with Gasteiger partial charge in [-0.15, -0.1) is 11.8 Å². The minimum atomic E-state index is -0.421. The molecule has 28 heavy (non-hydrogen) atoms. The van der Waals surface area contributed by atoms with Crippen LogP contribution < -0.4 is 5.32 Å². The van der Waals surface area contributed by atoms with E-state index in [4.69, 9.17) is 11.6 Å². The first-order chi connectivity index (χ1) is 13.5. The van der Waals surface area contributed by atoms with Crippen molar-refractivity contribution in [2.24, 2.45) is 5.92 Å². The normalized spacial score (nSPS) is 22.8. The van der Waals surface area contributed by atoms with Crippen LogP contribution in [0.25, 0.3) is 0 Å². The van der Waals surface area contributed by atoms with Crippen molar-refractivity contribution in [3.63, 3.8) is 0 Å². The molecule has 5 nitrogen and oxygen atoms in total. The average molecular weight is 424 g/mol. The van der Waals surface area contributed by atoms with Crippen molar-refractivity contribution in [2.45, 2.75) is 44.5 Å². The molecule has 3 rings (SSSR count). The standard InChI is InChI=1S/C21H30ClN3O2S/c1-15(2)13-19-25(21(27)16-5-7-17(22)8-6-16)18(14-28-19)20(26)23-9-12-24-10-3-4-11-24/h5-8,15,18-19H,3-4,9-14H2,1-2H3,(H,23,26)/t18-,19-/m0/s1. The van der Waals surface area contributed by atoms with Gasteiger partial charge in [-0.1, -0.05) is 25.4 Å². The molecular formula is C21H30ClN3O2S. The van der Waals surface area contributed by atoms with E-state index in [-0.39, 0.29) is 17.2 Å². The minimum absolute atomic E-state index is 0.0255. The second kappa shape index (κ2) is 9.99. The quantitative estimate of drug-likeness (QED) is 0.729. The molecule has 2 amide bonds. The summed E-state index contributed by atoms with van der Waals surface area (Å²) >= 11 is 7.67. The van der Waals surface area contributed by atoms with Crippen molar-refractivity contribution >= 4 is 35.2 Å². The monoisotopic (exact) mass is 423 g/mol.